The van der Waals surface area contributed by atoms with Gasteiger partial charge in [-0.15, -0.1) is 0 Å². The summed E-state index contributed by atoms with van der Waals surface area (Å²) in [6, 6.07) is 7.99. The van der Waals surface area contributed by atoms with Crippen LogP contribution in [0.4, 0.5) is 0 Å². The van der Waals surface area contributed by atoms with E-state index in [1.807, 2.05) is 42.9 Å². The molecule has 3 aromatic rings. The number of hydrogen-bond donors (Lipinski definition) is 0. The summed E-state index contributed by atoms with van der Waals surface area (Å²) in [7, 11) is 2.16. The van der Waals surface area contributed by atoms with Crippen molar-refractivity contribution in [3.05, 3.63) is 48.7 Å². The Morgan fingerprint density at radius 1 is 1.14 bits per heavy atom. The van der Waals surface area contributed by atoms with Crippen LogP contribution in [0, 0.1) is 0 Å². The molecule has 1 aliphatic rings. The molecule has 0 aromatic carbocycles. The lowest BCUT2D eigenvalue weighted by molar-refractivity contribution is 0.409. The molecule has 4 heterocycles. The maximum atomic E-state index is 4.86. The minimum Gasteiger partial charge on any atom is -0.306 e. The third-order valence-corrected chi connectivity index (χ3v) is 4.12. The maximum absolute atomic E-state index is 4.86. The van der Waals surface area contributed by atoms with E-state index in [0.29, 0.717) is 5.92 Å². The smallest absolute Gasteiger partial charge is 0.164 e. The second kappa shape index (κ2) is 4.93. The van der Waals surface area contributed by atoms with Gasteiger partial charge in [0.1, 0.15) is 11.3 Å². The summed E-state index contributed by atoms with van der Waals surface area (Å²) in [5.41, 5.74) is 2.96. The number of pyridine rings is 2. The first-order valence-corrected chi connectivity index (χ1v) is 7.25. The van der Waals surface area contributed by atoms with Gasteiger partial charge in [-0.25, -0.2) is 9.97 Å². The number of imidazole rings is 1. The van der Waals surface area contributed by atoms with Crippen LogP contribution in [0.3, 0.4) is 0 Å². The highest BCUT2D eigenvalue weighted by Crippen LogP contribution is 2.30. The number of fused-ring (bicyclic) bond motifs is 1. The maximum Gasteiger partial charge on any atom is 0.164 e. The van der Waals surface area contributed by atoms with E-state index >= 15 is 0 Å². The first-order chi connectivity index (χ1) is 10.3. The summed E-state index contributed by atoms with van der Waals surface area (Å²) in [4.78, 5) is 15.9. The molecule has 5 heteroatoms. The molecular weight excluding hydrogens is 262 g/mol. The van der Waals surface area contributed by atoms with E-state index in [-0.39, 0.29) is 0 Å². The van der Waals surface area contributed by atoms with E-state index < -0.39 is 0 Å². The molecule has 5 nitrogen and oxygen atoms in total. The number of likely N-dealkylation sites (tertiary alicyclic amines) is 1. The van der Waals surface area contributed by atoms with Crippen LogP contribution in [0.15, 0.2) is 42.9 Å². The van der Waals surface area contributed by atoms with E-state index in [4.69, 9.17) is 4.98 Å². The van der Waals surface area contributed by atoms with E-state index in [1.54, 1.807) is 0 Å². The first kappa shape index (κ1) is 12.5. The molecule has 106 valence electrons. The highest BCUT2D eigenvalue weighted by molar-refractivity contribution is 5.74. The van der Waals surface area contributed by atoms with Crippen LogP contribution in [0.2, 0.25) is 0 Å². The van der Waals surface area contributed by atoms with Crippen LogP contribution in [-0.4, -0.2) is 44.6 Å². The zero-order chi connectivity index (χ0) is 14.2. The average molecular weight is 279 g/mol. The van der Waals surface area contributed by atoms with Crippen molar-refractivity contribution in [3.8, 4) is 5.69 Å². The van der Waals surface area contributed by atoms with Crippen LogP contribution < -0.4 is 0 Å². The molecule has 1 unspecified atom stereocenters. The molecule has 0 aliphatic carbocycles. The minimum atomic E-state index is 0.456. The fourth-order valence-electron chi connectivity index (χ4n) is 3.10. The Morgan fingerprint density at radius 3 is 2.76 bits per heavy atom. The van der Waals surface area contributed by atoms with Crippen molar-refractivity contribution in [2.75, 3.05) is 20.1 Å². The Hall–Kier alpha value is -2.27. The third-order valence-electron chi connectivity index (χ3n) is 4.12. The lowest BCUT2D eigenvalue weighted by atomic mass is 10.1. The first-order valence-electron chi connectivity index (χ1n) is 7.25. The fourth-order valence-corrected chi connectivity index (χ4v) is 3.10. The second-order valence-electron chi connectivity index (χ2n) is 5.60. The van der Waals surface area contributed by atoms with Crippen molar-refractivity contribution < 1.29 is 0 Å². The Kier molecular flexibility index (Phi) is 2.93. The molecular formula is C16H17N5. The van der Waals surface area contributed by atoms with Gasteiger partial charge in [0, 0.05) is 31.1 Å². The highest BCUT2D eigenvalue weighted by atomic mass is 15.2. The van der Waals surface area contributed by atoms with Gasteiger partial charge in [-0.1, -0.05) is 0 Å². The summed E-state index contributed by atoms with van der Waals surface area (Å²) in [5, 5.41) is 0. The molecule has 21 heavy (non-hydrogen) atoms. The summed E-state index contributed by atoms with van der Waals surface area (Å²) < 4.78 is 2.18. The van der Waals surface area contributed by atoms with Crippen LogP contribution >= 0.6 is 0 Å². The van der Waals surface area contributed by atoms with Gasteiger partial charge in [-0.05, 0) is 44.3 Å². The molecule has 0 spiro atoms. The molecule has 0 bridgehead atoms. The zero-order valence-corrected chi connectivity index (χ0v) is 12.0. The lowest BCUT2D eigenvalue weighted by Crippen LogP contribution is -2.15. The van der Waals surface area contributed by atoms with Crippen molar-refractivity contribution >= 4 is 11.2 Å². The SMILES string of the molecule is CN1CCC(c2nc3cccnc3n2-c2ccncc2)C1. The Balaban J connectivity index is 1.93. The number of likely N-dealkylation sites (N-methyl/N-ethyl adjacent to an activating group) is 1. The molecule has 1 atom stereocenters. The summed E-state index contributed by atoms with van der Waals surface area (Å²) in [6.45, 7) is 2.17. The third kappa shape index (κ3) is 2.10. The van der Waals surface area contributed by atoms with Crippen LogP contribution in [-0.2, 0) is 0 Å². The van der Waals surface area contributed by atoms with Crippen molar-refractivity contribution in [1.29, 1.82) is 0 Å². The van der Waals surface area contributed by atoms with Gasteiger partial charge in [0.25, 0.3) is 0 Å². The summed E-state index contributed by atoms with van der Waals surface area (Å²) >= 11 is 0. The van der Waals surface area contributed by atoms with E-state index in [9.17, 15) is 0 Å². The van der Waals surface area contributed by atoms with Gasteiger partial charge in [-0.2, -0.15) is 0 Å². The fraction of sp³-hybridized carbons (Fsp3) is 0.312. The van der Waals surface area contributed by atoms with Crippen molar-refractivity contribution in [2.45, 2.75) is 12.3 Å². The number of aromatic nitrogens is 4. The van der Waals surface area contributed by atoms with Crippen LogP contribution in [0.5, 0.6) is 0 Å². The molecule has 0 N–H and O–H groups in total. The van der Waals surface area contributed by atoms with Gasteiger partial charge >= 0.3 is 0 Å². The highest BCUT2D eigenvalue weighted by Gasteiger charge is 2.27. The number of rotatable bonds is 2. The van der Waals surface area contributed by atoms with Gasteiger partial charge in [0.05, 0.1) is 5.69 Å². The Labute approximate surface area is 123 Å². The van der Waals surface area contributed by atoms with Gasteiger partial charge in [-0.3, -0.25) is 9.55 Å². The van der Waals surface area contributed by atoms with E-state index in [1.165, 1.54) is 0 Å². The number of hydrogen-bond acceptors (Lipinski definition) is 4. The summed E-state index contributed by atoms with van der Waals surface area (Å²) in [6.07, 6.45) is 6.60. The molecule has 0 radical (unpaired) electrons. The van der Waals surface area contributed by atoms with Crippen LogP contribution in [0.1, 0.15) is 18.2 Å². The predicted octanol–water partition coefficient (Wildman–Crippen LogP) is 2.23. The molecule has 1 fully saturated rings. The molecule has 0 saturated carbocycles. The van der Waals surface area contributed by atoms with Gasteiger partial charge in [0.2, 0.25) is 0 Å². The van der Waals surface area contributed by atoms with Crippen molar-refractivity contribution in [2.24, 2.45) is 0 Å². The Morgan fingerprint density at radius 2 is 2.00 bits per heavy atom. The molecule has 0 amide bonds. The minimum absolute atomic E-state index is 0.456. The summed E-state index contributed by atoms with van der Waals surface area (Å²) in [5.74, 6) is 1.57. The van der Waals surface area contributed by atoms with Gasteiger partial charge in [0.15, 0.2) is 5.65 Å². The van der Waals surface area contributed by atoms with Crippen molar-refractivity contribution in [3.63, 3.8) is 0 Å². The molecule has 3 aromatic heterocycles. The normalized spacial score (nSPS) is 19.4. The standard InChI is InChI=1S/C16H17N5/c1-20-10-6-12(11-20)15-19-14-3-2-7-18-16(14)21(15)13-4-8-17-9-5-13/h2-5,7-9,12H,6,10-11H2,1H3. The van der Waals surface area contributed by atoms with Crippen LogP contribution in [0.25, 0.3) is 16.9 Å². The number of nitrogens with zero attached hydrogens (tertiary/aromatic N) is 5. The monoisotopic (exact) mass is 279 g/mol. The average Bonchev–Trinajstić information content (AvgIpc) is 3.11. The van der Waals surface area contributed by atoms with E-state index in [0.717, 1.165) is 42.2 Å². The second-order valence-corrected chi connectivity index (χ2v) is 5.60. The van der Waals surface area contributed by atoms with Gasteiger partial charge < -0.3 is 4.90 Å². The molecule has 4 rings (SSSR count). The van der Waals surface area contributed by atoms with E-state index in [2.05, 4.69) is 26.5 Å². The largest absolute Gasteiger partial charge is 0.306 e. The molecule has 1 saturated heterocycles. The topological polar surface area (TPSA) is 46.8 Å². The zero-order valence-electron chi connectivity index (χ0n) is 12.0. The Bertz CT molecular complexity index is 765. The predicted molar refractivity (Wildman–Crippen MR) is 81.5 cm³/mol. The lowest BCUT2D eigenvalue weighted by Gasteiger charge is -2.13. The van der Waals surface area contributed by atoms with Crippen molar-refractivity contribution in [1.82, 2.24) is 24.4 Å². The molecule has 1 aliphatic heterocycles. The quantitative estimate of drug-likeness (QED) is 0.721.